The van der Waals surface area contributed by atoms with Crippen molar-refractivity contribution >= 4 is 35.4 Å². The molecule has 2 aliphatic rings. The van der Waals surface area contributed by atoms with Crippen molar-refractivity contribution in [1.29, 1.82) is 0 Å². The average Bonchev–Trinajstić information content (AvgIpc) is 2.84. The van der Waals surface area contributed by atoms with E-state index in [4.69, 9.17) is 0 Å². The second kappa shape index (κ2) is 6.19. The van der Waals surface area contributed by atoms with Gasteiger partial charge in [-0.05, 0) is 54.5 Å². The number of allylic oxidation sites excluding steroid dienone is 2. The number of benzene rings is 1. The quantitative estimate of drug-likeness (QED) is 0.703. The van der Waals surface area contributed by atoms with Gasteiger partial charge in [-0.2, -0.15) is 0 Å². The highest BCUT2D eigenvalue weighted by atomic mass is 32.2. The van der Waals surface area contributed by atoms with Gasteiger partial charge in [-0.25, -0.2) is 4.39 Å². The lowest BCUT2D eigenvalue weighted by Gasteiger charge is -2.14. The third kappa shape index (κ3) is 3.01. The van der Waals surface area contributed by atoms with Crippen molar-refractivity contribution in [1.82, 2.24) is 0 Å². The van der Waals surface area contributed by atoms with Gasteiger partial charge in [0.25, 0.3) is 0 Å². The van der Waals surface area contributed by atoms with E-state index in [1.807, 2.05) is 29.6 Å². The van der Waals surface area contributed by atoms with E-state index in [2.05, 4.69) is 0 Å². The summed E-state index contributed by atoms with van der Waals surface area (Å²) in [5.41, 5.74) is 2.74. The maximum atomic E-state index is 12.9. The van der Waals surface area contributed by atoms with Crippen LogP contribution in [0.15, 0.2) is 39.6 Å². The number of carbonyl (C=O) groups excluding carboxylic acids is 1. The Hall–Kier alpha value is -1.00. The number of thioether (sulfide) groups is 2. The number of carbonyl (C=O) groups is 1. The lowest BCUT2D eigenvalue weighted by molar-refractivity contribution is -0.111. The summed E-state index contributed by atoms with van der Waals surface area (Å²) in [7, 11) is 0. The summed E-state index contributed by atoms with van der Waals surface area (Å²) >= 11 is 3.64. The highest BCUT2D eigenvalue weighted by molar-refractivity contribution is 8.22. The Kier molecular flexibility index (Phi) is 4.32. The Morgan fingerprint density at radius 3 is 2.45 bits per heavy atom. The number of Topliss-reactive ketones (excluding diaryl/α,β-unsaturated/α-hetero) is 1. The third-order valence-electron chi connectivity index (χ3n) is 3.42. The molecule has 0 bridgehead atoms. The van der Waals surface area contributed by atoms with Crippen LogP contribution in [0, 0.1) is 5.82 Å². The van der Waals surface area contributed by atoms with Crippen LogP contribution in [0.2, 0.25) is 0 Å². The SMILES string of the molecule is O=C1C(=C2SCCCS2)CC/C1=C\c1ccc(F)cc1. The van der Waals surface area contributed by atoms with Gasteiger partial charge in [0.05, 0.1) is 0 Å². The zero-order chi connectivity index (χ0) is 13.9. The summed E-state index contributed by atoms with van der Waals surface area (Å²) in [6.45, 7) is 0. The van der Waals surface area contributed by atoms with E-state index in [0.29, 0.717) is 0 Å². The van der Waals surface area contributed by atoms with E-state index in [1.165, 1.54) is 22.8 Å². The standard InChI is InChI=1S/C16H15FOS2/c17-13-5-2-11(3-6-13)10-12-4-7-14(15(12)18)16-19-8-1-9-20-16/h2-3,5-6,10H,1,4,7-9H2/b12-10+. The molecule has 1 saturated heterocycles. The van der Waals surface area contributed by atoms with E-state index in [-0.39, 0.29) is 11.6 Å². The van der Waals surface area contributed by atoms with Crippen molar-refractivity contribution in [3.63, 3.8) is 0 Å². The number of hydrogen-bond acceptors (Lipinski definition) is 3. The summed E-state index contributed by atoms with van der Waals surface area (Å²) in [6.07, 6.45) is 4.77. The molecular formula is C16H15FOS2. The molecule has 1 saturated carbocycles. The molecule has 1 aromatic carbocycles. The Bertz CT molecular complexity index is 579. The van der Waals surface area contributed by atoms with E-state index in [9.17, 15) is 9.18 Å². The summed E-state index contributed by atoms with van der Waals surface area (Å²) in [4.78, 5) is 12.4. The molecule has 0 amide bonds. The molecule has 0 N–H and O–H groups in total. The first-order valence-corrected chi connectivity index (χ1v) is 8.71. The molecule has 4 heteroatoms. The third-order valence-corrected chi connectivity index (χ3v) is 6.13. The van der Waals surface area contributed by atoms with E-state index in [0.717, 1.165) is 41.1 Å². The van der Waals surface area contributed by atoms with Crippen LogP contribution in [0.3, 0.4) is 0 Å². The van der Waals surface area contributed by atoms with Crippen LogP contribution < -0.4 is 0 Å². The van der Waals surface area contributed by atoms with Crippen LogP contribution >= 0.6 is 23.5 Å². The zero-order valence-electron chi connectivity index (χ0n) is 11.0. The van der Waals surface area contributed by atoms with Crippen molar-refractivity contribution in [2.45, 2.75) is 19.3 Å². The molecule has 1 aromatic rings. The topological polar surface area (TPSA) is 17.1 Å². The van der Waals surface area contributed by atoms with Gasteiger partial charge in [-0.15, -0.1) is 23.5 Å². The number of rotatable bonds is 1. The van der Waals surface area contributed by atoms with Crippen LogP contribution in [0.5, 0.6) is 0 Å². The fraction of sp³-hybridized carbons (Fsp3) is 0.312. The molecule has 1 heterocycles. The Labute approximate surface area is 126 Å². The fourth-order valence-corrected chi connectivity index (χ4v) is 5.08. The molecule has 3 rings (SSSR count). The zero-order valence-corrected chi connectivity index (χ0v) is 12.7. The minimum absolute atomic E-state index is 0.186. The first-order chi connectivity index (χ1) is 9.74. The lowest BCUT2D eigenvalue weighted by Crippen LogP contribution is -2.01. The van der Waals surface area contributed by atoms with Gasteiger partial charge >= 0.3 is 0 Å². The molecule has 0 spiro atoms. The van der Waals surface area contributed by atoms with Crippen molar-refractivity contribution in [2.24, 2.45) is 0 Å². The monoisotopic (exact) mass is 306 g/mol. The van der Waals surface area contributed by atoms with Crippen LogP contribution in [0.25, 0.3) is 6.08 Å². The molecule has 104 valence electrons. The number of ketones is 1. The lowest BCUT2D eigenvalue weighted by atomic mass is 10.1. The Morgan fingerprint density at radius 2 is 1.75 bits per heavy atom. The molecule has 1 nitrogen and oxygen atoms in total. The van der Waals surface area contributed by atoms with Gasteiger partial charge in [0.2, 0.25) is 0 Å². The predicted octanol–water partition coefficient (Wildman–Crippen LogP) is 4.65. The summed E-state index contributed by atoms with van der Waals surface area (Å²) < 4.78 is 14.1. The highest BCUT2D eigenvalue weighted by Gasteiger charge is 2.27. The molecular weight excluding hydrogens is 291 g/mol. The normalized spacial score (nSPS) is 21.9. The van der Waals surface area contributed by atoms with E-state index < -0.39 is 0 Å². The van der Waals surface area contributed by atoms with Crippen LogP contribution in [0.1, 0.15) is 24.8 Å². The molecule has 1 aliphatic heterocycles. The fourth-order valence-electron chi connectivity index (χ4n) is 2.38. The van der Waals surface area contributed by atoms with Crippen molar-refractivity contribution in [2.75, 3.05) is 11.5 Å². The van der Waals surface area contributed by atoms with Gasteiger partial charge in [0.1, 0.15) is 5.82 Å². The smallest absolute Gasteiger partial charge is 0.186 e. The predicted molar refractivity (Wildman–Crippen MR) is 85.2 cm³/mol. The minimum Gasteiger partial charge on any atom is -0.289 e. The maximum Gasteiger partial charge on any atom is 0.186 e. The molecule has 1 aliphatic carbocycles. The molecule has 0 aromatic heterocycles. The van der Waals surface area contributed by atoms with E-state index in [1.54, 1.807) is 12.1 Å². The molecule has 0 unspecified atom stereocenters. The van der Waals surface area contributed by atoms with Crippen molar-refractivity contribution < 1.29 is 9.18 Å². The summed E-state index contributed by atoms with van der Waals surface area (Å²) in [6, 6.07) is 6.28. The summed E-state index contributed by atoms with van der Waals surface area (Å²) in [5, 5.41) is 0. The van der Waals surface area contributed by atoms with Gasteiger partial charge < -0.3 is 0 Å². The molecule has 0 atom stereocenters. The van der Waals surface area contributed by atoms with Crippen molar-refractivity contribution in [3.05, 3.63) is 51.0 Å². The molecule has 20 heavy (non-hydrogen) atoms. The van der Waals surface area contributed by atoms with Gasteiger partial charge in [-0.3, -0.25) is 4.79 Å². The van der Waals surface area contributed by atoms with E-state index >= 15 is 0 Å². The van der Waals surface area contributed by atoms with Crippen LogP contribution in [-0.2, 0) is 4.79 Å². The summed E-state index contributed by atoms with van der Waals surface area (Å²) in [5.74, 6) is 2.18. The average molecular weight is 306 g/mol. The minimum atomic E-state index is -0.247. The van der Waals surface area contributed by atoms with Gasteiger partial charge in [0.15, 0.2) is 5.78 Å². The van der Waals surface area contributed by atoms with Crippen molar-refractivity contribution in [3.8, 4) is 0 Å². The molecule has 0 radical (unpaired) electrons. The van der Waals surface area contributed by atoms with Crippen LogP contribution in [-0.4, -0.2) is 17.3 Å². The number of hydrogen-bond donors (Lipinski definition) is 0. The maximum absolute atomic E-state index is 12.9. The largest absolute Gasteiger partial charge is 0.289 e. The second-order valence-electron chi connectivity index (χ2n) is 4.87. The van der Waals surface area contributed by atoms with Crippen LogP contribution in [0.4, 0.5) is 4.39 Å². The van der Waals surface area contributed by atoms with Gasteiger partial charge in [-0.1, -0.05) is 12.1 Å². The van der Waals surface area contributed by atoms with Gasteiger partial charge in [0, 0.05) is 15.4 Å². The first-order valence-electron chi connectivity index (χ1n) is 6.73. The number of halogens is 1. The highest BCUT2D eigenvalue weighted by Crippen LogP contribution is 2.42. The Morgan fingerprint density at radius 1 is 1.05 bits per heavy atom. The Balaban J connectivity index is 1.83. The first kappa shape index (κ1) is 14.0. The molecule has 2 fully saturated rings. The second-order valence-corrected chi connectivity index (χ2v) is 7.34.